The number of ketones is 2. The van der Waals surface area contributed by atoms with Crippen molar-refractivity contribution in [2.75, 3.05) is 27.3 Å². The maximum Gasteiger partial charge on any atom is 0.360 e. The van der Waals surface area contributed by atoms with E-state index in [2.05, 4.69) is 10.3 Å². The summed E-state index contributed by atoms with van der Waals surface area (Å²) < 4.78 is 19.6. The Balaban J connectivity index is 0.000000196. The predicted molar refractivity (Wildman–Crippen MR) is 117 cm³/mol. The highest BCUT2D eigenvalue weighted by molar-refractivity contribution is 6.10. The third-order valence-electron chi connectivity index (χ3n) is 5.15. The standard InChI is InChI=1S/C13H16N2O4.C10H11NO4/c1-4-18-13(17)10-9-6-5-8(7-15(2)3)11(16)12(9)19-14-10;1-2-14-10(13)8-6-4-3-5-7(12)9(6)15-11-8/h7H,4-6H2,1-3H3;2-5H2,1H3/b8-7+;. The first-order chi connectivity index (χ1) is 16.3. The fourth-order valence-corrected chi connectivity index (χ4v) is 3.69. The zero-order chi connectivity index (χ0) is 24.8. The molecule has 182 valence electrons. The molecule has 2 heterocycles. The molecule has 11 heteroatoms. The molecule has 0 amide bonds. The Morgan fingerprint density at radius 3 is 2.00 bits per heavy atom. The summed E-state index contributed by atoms with van der Waals surface area (Å²) in [6.45, 7) is 3.98. The van der Waals surface area contributed by atoms with E-state index in [1.54, 1.807) is 24.9 Å². The molecule has 0 atom stereocenters. The Kier molecular flexibility index (Phi) is 7.98. The Labute approximate surface area is 196 Å². The summed E-state index contributed by atoms with van der Waals surface area (Å²) in [5.74, 6) is -0.971. The molecule has 0 radical (unpaired) electrons. The van der Waals surface area contributed by atoms with Crippen LogP contribution in [0.4, 0.5) is 0 Å². The summed E-state index contributed by atoms with van der Waals surface area (Å²) >= 11 is 0. The molecule has 0 aromatic carbocycles. The predicted octanol–water partition coefficient (Wildman–Crippen LogP) is 2.80. The molecule has 34 heavy (non-hydrogen) atoms. The van der Waals surface area contributed by atoms with E-state index < -0.39 is 11.9 Å². The lowest BCUT2D eigenvalue weighted by molar-refractivity contribution is 0.0503. The van der Waals surface area contributed by atoms with Crippen LogP contribution in [-0.4, -0.2) is 66.0 Å². The molecule has 11 nitrogen and oxygen atoms in total. The lowest BCUT2D eigenvalue weighted by atomic mass is 9.91. The topological polar surface area (TPSA) is 142 Å². The van der Waals surface area contributed by atoms with Crippen LogP contribution < -0.4 is 0 Å². The van der Waals surface area contributed by atoms with Gasteiger partial charge in [-0.05, 0) is 39.5 Å². The molecule has 0 bridgehead atoms. The van der Waals surface area contributed by atoms with Crippen molar-refractivity contribution in [2.24, 2.45) is 0 Å². The zero-order valence-corrected chi connectivity index (χ0v) is 19.6. The fourth-order valence-electron chi connectivity index (χ4n) is 3.69. The van der Waals surface area contributed by atoms with Crippen molar-refractivity contribution in [3.8, 4) is 0 Å². The van der Waals surface area contributed by atoms with Gasteiger partial charge in [0.2, 0.25) is 23.1 Å². The van der Waals surface area contributed by atoms with E-state index in [1.807, 2.05) is 14.1 Å². The van der Waals surface area contributed by atoms with Crippen LogP contribution in [0.15, 0.2) is 20.8 Å². The summed E-state index contributed by atoms with van der Waals surface area (Å²) in [5.41, 5.74) is 2.09. The average Bonchev–Trinajstić information content (AvgIpc) is 3.42. The van der Waals surface area contributed by atoms with Gasteiger partial charge in [-0.15, -0.1) is 0 Å². The highest BCUT2D eigenvalue weighted by atomic mass is 16.5. The molecular weight excluding hydrogens is 446 g/mol. The number of esters is 2. The maximum atomic E-state index is 12.2. The van der Waals surface area contributed by atoms with E-state index >= 15 is 0 Å². The number of rotatable bonds is 5. The summed E-state index contributed by atoms with van der Waals surface area (Å²) in [5, 5.41) is 7.27. The molecule has 0 N–H and O–H groups in total. The highest BCUT2D eigenvalue weighted by Gasteiger charge is 2.33. The zero-order valence-electron chi connectivity index (χ0n) is 19.6. The molecule has 0 fully saturated rings. The summed E-state index contributed by atoms with van der Waals surface area (Å²) in [6.07, 6.45) is 4.73. The van der Waals surface area contributed by atoms with Gasteiger partial charge in [-0.25, -0.2) is 9.59 Å². The minimum atomic E-state index is -0.541. The van der Waals surface area contributed by atoms with Crippen LogP contribution in [0.2, 0.25) is 0 Å². The normalized spacial score (nSPS) is 15.7. The first-order valence-electron chi connectivity index (χ1n) is 11.0. The van der Waals surface area contributed by atoms with Crippen molar-refractivity contribution in [1.82, 2.24) is 15.2 Å². The van der Waals surface area contributed by atoms with Crippen molar-refractivity contribution in [3.05, 3.63) is 45.8 Å². The van der Waals surface area contributed by atoms with E-state index in [-0.39, 0.29) is 47.7 Å². The van der Waals surface area contributed by atoms with Crippen molar-refractivity contribution in [3.63, 3.8) is 0 Å². The second-order valence-electron chi connectivity index (χ2n) is 7.84. The van der Waals surface area contributed by atoms with Crippen molar-refractivity contribution >= 4 is 23.5 Å². The molecule has 4 rings (SSSR count). The Hall–Kier alpha value is -3.76. The SMILES string of the molecule is CCOC(=O)c1noc2c1CC/C(=C\N(C)C)C2=O.CCOC(=O)c1noc2c1CCCC2=O. The van der Waals surface area contributed by atoms with Gasteiger partial charge in [0.05, 0.1) is 13.2 Å². The van der Waals surface area contributed by atoms with E-state index in [0.29, 0.717) is 42.4 Å². The second kappa shape index (κ2) is 10.9. The molecule has 2 aliphatic carbocycles. The number of Topliss-reactive ketones (excluding diaryl/α,β-unsaturated/α-hetero) is 2. The minimum Gasteiger partial charge on any atom is -0.461 e. The lowest BCUT2D eigenvalue weighted by Gasteiger charge is -2.14. The summed E-state index contributed by atoms with van der Waals surface area (Å²) in [6, 6.07) is 0. The number of hydrogen-bond donors (Lipinski definition) is 0. The van der Waals surface area contributed by atoms with Gasteiger partial charge >= 0.3 is 11.9 Å². The number of allylic oxidation sites excluding steroid dienone is 1. The van der Waals surface area contributed by atoms with Crippen LogP contribution in [-0.2, 0) is 22.3 Å². The number of hydrogen-bond acceptors (Lipinski definition) is 11. The molecule has 0 saturated heterocycles. The van der Waals surface area contributed by atoms with E-state index in [4.69, 9.17) is 18.5 Å². The third-order valence-corrected chi connectivity index (χ3v) is 5.15. The van der Waals surface area contributed by atoms with Gasteiger partial charge in [0, 0.05) is 43.4 Å². The van der Waals surface area contributed by atoms with Gasteiger partial charge in [-0.3, -0.25) is 9.59 Å². The quantitative estimate of drug-likeness (QED) is 0.467. The van der Waals surface area contributed by atoms with Crippen LogP contribution in [0.5, 0.6) is 0 Å². The van der Waals surface area contributed by atoms with Crippen molar-refractivity contribution < 1.29 is 37.7 Å². The van der Waals surface area contributed by atoms with E-state index in [1.165, 1.54) is 0 Å². The molecule has 0 spiro atoms. The molecule has 2 aliphatic rings. The molecular formula is C23H27N3O8. The number of carbonyl (C=O) groups is 4. The number of fused-ring (bicyclic) bond motifs is 2. The second-order valence-corrected chi connectivity index (χ2v) is 7.84. The fraction of sp³-hybridized carbons (Fsp3) is 0.478. The van der Waals surface area contributed by atoms with Crippen LogP contribution in [0.1, 0.15) is 86.3 Å². The van der Waals surface area contributed by atoms with Gasteiger partial charge in [0.1, 0.15) is 0 Å². The summed E-state index contributed by atoms with van der Waals surface area (Å²) in [7, 11) is 3.69. The first kappa shape index (κ1) is 24.9. The van der Waals surface area contributed by atoms with Crippen LogP contribution in [0.3, 0.4) is 0 Å². The smallest absolute Gasteiger partial charge is 0.360 e. The van der Waals surface area contributed by atoms with Gasteiger partial charge in [0.15, 0.2) is 11.4 Å². The third kappa shape index (κ3) is 5.24. The van der Waals surface area contributed by atoms with Gasteiger partial charge in [-0.1, -0.05) is 10.3 Å². The number of carbonyl (C=O) groups excluding carboxylic acids is 4. The molecule has 0 aliphatic heterocycles. The van der Waals surface area contributed by atoms with Crippen LogP contribution in [0.25, 0.3) is 0 Å². The maximum absolute atomic E-state index is 12.2. The van der Waals surface area contributed by atoms with Crippen molar-refractivity contribution in [1.29, 1.82) is 0 Å². The highest BCUT2D eigenvalue weighted by Crippen LogP contribution is 2.28. The van der Waals surface area contributed by atoms with E-state index in [0.717, 1.165) is 6.42 Å². The lowest BCUT2D eigenvalue weighted by Crippen LogP contribution is -2.17. The molecule has 0 unspecified atom stereocenters. The van der Waals surface area contributed by atoms with Crippen LogP contribution >= 0.6 is 0 Å². The van der Waals surface area contributed by atoms with Gasteiger partial charge in [0.25, 0.3) is 0 Å². The Bertz CT molecular complexity index is 1130. The minimum absolute atomic E-state index is 0.0840. The monoisotopic (exact) mass is 473 g/mol. The van der Waals surface area contributed by atoms with Gasteiger partial charge < -0.3 is 23.4 Å². The van der Waals surface area contributed by atoms with Gasteiger partial charge in [-0.2, -0.15) is 0 Å². The number of nitrogens with zero attached hydrogens (tertiary/aromatic N) is 3. The van der Waals surface area contributed by atoms with E-state index in [9.17, 15) is 19.2 Å². The molecule has 2 aromatic rings. The Morgan fingerprint density at radius 1 is 0.882 bits per heavy atom. The van der Waals surface area contributed by atoms with Crippen LogP contribution in [0, 0.1) is 0 Å². The van der Waals surface area contributed by atoms with Crippen molar-refractivity contribution in [2.45, 2.75) is 46.0 Å². The number of aromatic nitrogens is 2. The number of ether oxygens (including phenoxy) is 2. The largest absolute Gasteiger partial charge is 0.461 e. The summed E-state index contributed by atoms with van der Waals surface area (Å²) in [4.78, 5) is 48.5. The molecule has 2 aromatic heterocycles. The average molecular weight is 473 g/mol. The Morgan fingerprint density at radius 2 is 1.44 bits per heavy atom. The molecule has 0 saturated carbocycles. The first-order valence-corrected chi connectivity index (χ1v) is 11.0.